The third kappa shape index (κ3) is 3.38. The summed E-state index contributed by atoms with van der Waals surface area (Å²) in [5.74, 6) is 0.989. The summed E-state index contributed by atoms with van der Waals surface area (Å²) >= 11 is 3.50. The third-order valence-electron chi connectivity index (χ3n) is 3.27. The average molecular weight is 334 g/mol. The van der Waals surface area contributed by atoms with Gasteiger partial charge >= 0.3 is 0 Å². The maximum Gasteiger partial charge on any atom is 0.137 e. The molecule has 3 nitrogen and oxygen atoms in total. The molecule has 0 fully saturated rings. The Morgan fingerprint density at radius 1 is 1.30 bits per heavy atom. The molecule has 106 valence electrons. The number of pyridine rings is 1. The molecule has 4 heteroatoms. The highest BCUT2D eigenvalue weighted by atomic mass is 79.9. The van der Waals surface area contributed by atoms with Gasteiger partial charge in [0.1, 0.15) is 5.82 Å². The largest absolute Gasteiger partial charge is 0.329 e. The second-order valence-corrected chi connectivity index (χ2v) is 5.68. The number of halogens is 1. The van der Waals surface area contributed by atoms with Crippen LogP contribution in [0.15, 0.2) is 41.0 Å². The minimum absolute atomic E-state index is 0.814. The van der Waals surface area contributed by atoms with Gasteiger partial charge in [-0.2, -0.15) is 0 Å². The highest BCUT2D eigenvalue weighted by Crippen LogP contribution is 2.29. The number of aryl methyl sites for hydroxylation is 1. The average Bonchev–Trinajstić information content (AvgIpc) is 2.45. The molecule has 2 rings (SSSR count). The Kier molecular flexibility index (Phi) is 5.15. The van der Waals surface area contributed by atoms with E-state index in [9.17, 15) is 0 Å². The van der Waals surface area contributed by atoms with Gasteiger partial charge in [-0.15, -0.1) is 0 Å². The first-order valence-corrected chi connectivity index (χ1v) is 7.57. The van der Waals surface area contributed by atoms with E-state index in [1.54, 1.807) is 0 Å². The highest BCUT2D eigenvalue weighted by Gasteiger charge is 2.12. The predicted octanol–water partition coefficient (Wildman–Crippen LogP) is 4.03. The molecule has 1 aromatic heterocycles. The van der Waals surface area contributed by atoms with Gasteiger partial charge in [-0.25, -0.2) is 4.98 Å². The minimum atomic E-state index is 0.814. The van der Waals surface area contributed by atoms with Crippen molar-refractivity contribution in [3.05, 3.63) is 52.1 Å². The number of benzene rings is 1. The molecule has 1 heterocycles. The molecule has 0 spiro atoms. The summed E-state index contributed by atoms with van der Waals surface area (Å²) in [6.07, 6.45) is 1.85. The Morgan fingerprint density at radius 3 is 2.75 bits per heavy atom. The number of hydrogen-bond acceptors (Lipinski definition) is 3. The van der Waals surface area contributed by atoms with Gasteiger partial charge in [0.05, 0.1) is 0 Å². The van der Waals surface area contributed by atoms with Crippen molar-refractivity contribution in [2.75, 3.05) is 18.5 Å². The van der Waals surface area contributed by atoms with Crippen molar-refractivity contribution in [2.45, 2.75) is 20.4 Å². The summed E-state index contributed by atoms with van der Waals surface area (Å²) < 4.78 is 1.01. The van der Waals surface area contributed by atoms with Crippen LogP contribution in [-0.2, 0) is 6.54 Å². The van der Waals surface area contributed by atoms with Crippen molar-refractivity contribution in [3.8, 4) is 0 Å². The Labute approximate surface area is 129 Å². The number of nitrogens with one attached hydrogen (secondary N) is 1. The normalized spacial score (nSPS) is 10.6. The molecule has 0 aliphatic heterocycles. The number of nitrogens with zero attached hydrogens (tertiary/aromatic N) is 2. The number of aromatic nitrogens is 1. The summed E-state index contributed by atoms with van der Waals surface area (Å²) in [6, 6.07) is 10.5. The van der Waals surface area contributed by atoms with E-state index in [0.717, 1.165) is 23.4 Å². The molecule has 0 unspecified atom stereocenters. The first-order valence-electron chi connectivity index (χ1n) is 6.78. The van der Waals surface area contributed by atoms with Crippen LogP contribution in [0.1, 0.15) is 18.1 Å². The highest BCUT2D eigenvalue weighted by molar-refractivity contribution is 9.10. The predicted molar refractivity (Wildman–Crippen MR) is 88.6 cm³/mol. The minimum Gasteiger partial charge on any atom is -0.329 e. The molecule has 0 radical (unpaired) electrons. The van der Waals surface area contributed by atoms with E-state index in [1.807, 2.05) is 6.20 Å². The summed E-state index contributed by atoms with van der Waals surface area (Å²) in [5, 5.41) is 3.37. The van der Waals surface area contributed by atoms with Crippen LogP contribution < -0.4 is 10.2 Å². The zero-order valence-corrected chi connectivity index (χ0v) is 13.7. The summed E-state index contributed by atoms with van der Waals surface area (Å²) in [6.45, 7) is 5.99. The topological polar surface area (TPSA) is 28.2 Å². The molecule has 2 aromatic rings. The molecule has 0 saturated carbocycles. The smallest absolute Gasteiger partial charge is 0.137 e. The van der Waals surface area contributed by atoms with E-state index in [4.69, 9.17) is 0 Å². The number of para-hydroxylation sites is 1. The summed E-state index contributed by atoms with van der Waals surface area (Å²) in [5.41, 5.74) is 3.61. The lowest BCUT2D eigenvalue weighted by Gasteiger charge is -2.23. The van der Waals surface area contributed by atoms with E-state index in [2.05, 4.69) is 82.4 Å². The first-order chi connectivity index (χ1) is 9.63. The second kappa shape index (κ2) is 6.86. The quantitative estimate of drug-likeness (QED) is 0.895. The lowest BCUT2D eigenvalue weighted by atomic mass is 10.1. The Balaban J connectivity index is 2.38. The maximum absolute atomic E-state index is 4.59. The molecule has 0 atom stereocenters. The molecule has 0 bridgehead atoms. The Morgan fingerprint density at radius 2 is 2.05 bits per heavy atom. The van der Waals surface area contributed by atoms with Crippen LogP contribution in [0, 0.1) is 6.92 Å². The van der Waals surface area contributed by atoms with Crippen LogP contribution in [0.3, 0.4) is 0 Å². The molecule has 0 amide bonds. The zero-order chi connectivity index (χ0) is 14.5. The van der Waals surface area contributed by atoms with Crippen molar-refractivity contribution >= 4 is 27.4 Å². The Bertz CT molecular complexity index is 584. The molecule has 1 aromatic carbocycles. The molecule has 0 saturated heterocycles. The summed E-state index contributed by atoms with van der Waals surface area (Å²) in [7, 11) is 2.06. The van der Waals surface area contributed by atoms with Crippen LogP contribution in [0.25, 0.3) is 0 Å². The lowest BCUT2D eigenvalue weighted by Crippen LogP contribution is -2.19. The number of anilines is 2. The van der Waals surface area contributed by atoms with E-state index < -0.39 is 0 Å². The third-order valence-corrected chi connectivity index (χ3v) is 3.70. The van der Waals surface area contributed by atoms with Gasteiger partial charge < -0.3 is 10.2 Å². The van der Waals surface area contributed by atoms with Crippen LogP contribution >= 0.6 is 15.9 Å². The van der Waals surface area contributed by atoms with E-state index in [1.165, 1.54) is 16.8 Å². The lowest BCUT2D eigenvalue weighted by molar-refractivity contribution is 0.723. The van der Waals surface area contributed by atoms with Gasteiger partial charge in [-0.1, -0.05) is 25.1 Å². The van der Waals surface area contributed by atoms with Crippen LogP contribution in [-0.4, -0.2) is 18.6 Å². The van der Waals surface area contributed by atoms with Crippen molar-refractivity contribution < 1.29 is 0 Å². The van der Waals surface area contributed by atoms with E-state index in [-0.39, 0.29) is 0 Å². The van der Waals surface area contributed by atoms with Gasteiger partial charge in [0, 0.05) is 35.5 Å². The van der Waals surface area contributed by atoms with Crippen LogP contribution in [0.4, 0.5) is 11.5 Å². The molecule has 0 aliphatic rings. The van der Waals surface area contributed by atoms with Crippen molar-refractivity contribution in [1.82, 2.24) is 10.3 Å². The van der Waals surface area contributed by atoms with Gasteiger partial charge in [-0.05, 0) is 47.1 Å². The summed E-state index contributed by atoms with van der Waals surface area (Å²) in [4.78, 5) is 6.73. The van der Waals surface area contributed by atoms with E-state index >= 15 is 0 Å². The van der Waals surface area contributed by atoms with Crippen molar-refractivity contribution in [3.63, 3.8) is 0 Å². The molecule has 1 N–H and O–H groups in total. The Hall–Kier alpha value is -1.39. The second-order valence-electron chi connectivity index (χ2n) is 4.76. The number of rotatable bonds is 5. The van der Waals surface area contributed by atoms with E-state index in [0.29, 0.717) is 0 Å². The standard InChI is InChI=1S/C16H20BrN3/c1-4-18-10-13-9-14(17)11-19-16(13)20(3)15-8-6-5-7-12(15)2/h5-9,11,18H,4,10H2,1-3H3. The molecule has 0 aliphatic carbocycles. The maximum atomic E-state index is 4.59. The SMILES string of the molecule is CCNCc1cc(Br)cnc1N(C)c1ccccc1C. The van der Waals surface area contributed by atoms with Crippen molar-refractivity contribution in [1.29, 1.82) is 0 Å². The first kappa shape index (κ1) is 15.0. The van der Waals surface area contributed by atoms with Gasteiger partial charge in [0.2, 0.25) is 0 Å². The van der Waals surface area contributed by atoms with Crippen LogP contribution in [0.5, 0.6) is 0 Å². The zero-order valence-electron chi connectivity index (χ0n) is 12.2. The van der Waals surface area contributed by atoms with Crippen LogP contribution in [0.2, 0.25) is 0 Å². The fourth-order valence-corrected chi connectivity index (χ4v) is 2.60. The fraction of sp³-hybridized carbons (Fsp3) is 0.312. The molecular weight excluding hydrogens is 314 g/mol. The monoisotopic (exact) mass is 333 g/mol. The number of hydrogen-bond donors (Lipinski definition) is 1. The van der Waals surface area contributed by atoms with Gasteiger partial charge in [0.25, 0.3) is 0 Å². The molecule has 20 heavy (non-hydrogen) atoms. The van der Waals surface area contributed by atoms with Crippen molar-refractivity contribution in [2.24, 2.45) is 0 Å². The van der Waals surface area contributed by atoms with Gasteiger partial charge in [0.15, 0.2) is 0 Å². The fourth-order valence-electron chi connectivity index (χ4n) is 2.22. The van der Waals surface area contributed by atoms with Gasteiger partial charge in [-0.3, -0.25) is 0 Å². The molecular formula is C16H20BrN3.